The smallest absolute Gasteiger partial charge is 0.233 e. The molecule has 5 heteroatoms. The van der Waals surface area contributed by atoms with Crippen LogP contribution in [-0.4, -0.2) is 12.1 Å². The molecule has 0 atom stereocenters. The molecule has 0 radical (unpaired) electrons. The molecule has 2 aromatic rings. The fraction of sp³-hybridized carbons (Fsp3) is 0.312. The largest absolute Gasteiger partial charge is 0.497 e. The first-order valence-electron chi connectivity index (χ1n) is 6.48. The van der Waals surface area contributed by atoms with Gasteiger partial charge in [-0.1, -0.05) is 20.8 Å². The van der Waals surface area contributed by atoms with Gasteiger partial charge in [-0.05, 0) is 61.5 Å². The van der Waals surface area contributed by atoms with Crippen molar-refractivity contribution in [3.8, 4) is 17.4 Å². The lowest BCUT2D eigenvalue weighted by molar-refractivity contribution is 0.405. The molecule has 3 nitrogen and oxygen atoms in total. The van der Waals surface area contributed by atoms with E-state index >= 15 is 0 Å². The van der Waals surface area contributed by atoms with E-state index in [2.05, 4.69) is 57.6 Å². The second-order valence-corrected chi connectivity index (χ2v) is 7.42. The number of nitrogens with zero attached hydrogens (tertiary/aromatic N) is 1. The predicted molar refractivity (Wildman–Crippen MR) is 91.4 cm³/mol. The molecule has 0 aliphatic rings. The summed E-state index contributed by atoms with van der Waals surface area (Å²) in [6, 6.07) is 7.71. The summed E-state index contributed by atoms with van der Waals surface area (Å²) in [5.74, 6) is 2.13. The van der Waals surface area contributed by atoms with Crippen molar-refractivity contribution in [2.24, 2.45) is 0 Å². The summed E-state index contributed by atoms with van der Waals surface area (Å²) in [5.41, 5.74) is 1.00. The Morgan fingerprint density at radius 3 is 2.38 bits per heavy atom. The molecule has 2 rings (SSSR count). The van der Waals surface area contributed by atoms with Crippen LogP contribution in [0.5, 0.6) is 17.4 Å². The van der Waals surface area contributed by atoms with Crippen LogP contribution < -0.4 is 9.47 Å². The molecule has 112 valence electrons. The highest BCUT2D eigenvalue weighted by molar-refractivity contribution is 9.11. The van der Waals surface area contributed by atoms with E-state index in [9.17, 15) is 0 Å². The minimum Gasteiger partial charge on any atom is -0.497 e. The number of ether oxygens (including phenoxy) is 2. The maximum atomic E-state index is 5.99. The molecular weight excluding hydrogens is 398 g/mol. The Hall–Kier alpha value is -1.07. The van der Waals surface area contributed by atoms with E-state index in [1.165, 1.54) is 0 Å². The second kappa shape index (κ2) is 6.36. The van der Waals surface area contributed by atoms with Gasteiger partial charge in [-0.3, -0.25) is 0 Å². The minimum atomic E-state index is -0.0638. The van der Waals surface area contributed by atoms with Gasteiger partial charge in [0.05, 0.1) is 11.6 Å². The molecule has 0 aliphatic carbocycles. The second-order valence-electron chi connectivity index (χ2n) is 5.65. The number of halogens is 2. The van der Waals surface area contributed by atoms with E-state index < -0.39 is 0 Å². The van der Waals surface area contributed by atoms with Crippen molar-refractivity contribution in [1.82, 2.24) is 4.98 Å². The van der Waals surface area contributed by atoms with Gasteiger partial charge in [0.25, 0.3) is 0 Å². The van der Waals surface area contributed by atoms with Gasteiger partial charge >= 0.3 is 0 Å². The highest BCUT2D eigenvalue weighted by Crippen LogP contribution is 2.38. The van der Waals surface area contributed by atoms with E-state index in [0.717, 1.165) is 26.0 Å². The van der Waals surface area contributed by atoms with Crippen molar-refractivity contribution in [1.29, 1.82) is 0 Å². The lowest BCUT2D eigenvalue weighted by Gasteiger charge is -2.23. The van der Waals surface area contributed by atoms with Crippen LogP contribution in [-0.2, 0) is 5.41 Å². The summed E-state index contributed by atoms with van der Waals surface area (Å²) < 4.78 is 13.0. The topological polar surface area (TPSA) is 31.4 Å². The SMILES string of the molecule is COc1ccc(Oc2ncc(Br)cc2Br)c(C(C)(C)C)c1. The van der Waals surface area contributed by atoms with Gasteiger partial charge in [-0.15, -0.1) is 0 Å². The average molecular weight is 415 g/mol. The number of pyridine rings is 1. The van der Waals surface area contributed by atoms with Gasteiger partial charge in [-0.25, -0.2) is 4.98 Å². The van der Waals surface area contributed by atoms with Crippen LogP contribution in [0.15, 0.2) is 39.4 Å². The summed E-state index contributed by atoms with van der Waals surface area (Å²) in [5, 5.41) is 0. The molecule has 0 saturated carbocycles. The quantitative estimate of drug-likeness (QED) is 0.644. The van der Waals surface area contributed by atoms with Gasteiger partial charge in [-0.2, -0.15) is 0 Å². The van der Waals surface area contributed by atoms with E-state index in [1.54, 1.807) is 13.3 Å². The number of hydrogen-bond donors (Lipinski definition) is 0. The molecule has 0 spiro atoms. The van der Waals surface area contributed by atoms with Gasteiger partial charge in [0, 0.05) is 16.2 Å². The van der Waals surface area contributed by atoms with Crippen LogP contribution in [0, 0.1) is 0 Å². The molecule has 0 fully saturated rings. The lowest BCUT2D eigenvalue weighted by Crippen LogP contribution is -2.13. The zero-order chi connectivity index (χ0) is 15.6. The van der Waals surface area contributed by atoms with Gasteiger partial charge < -0.3 is 9.47 Å². The molecule has 0 amide bonds. The fourth-order valence-corrected chi connectivity index (χ4v) is 2.96. The normalized spacial score (nSPS) is 11.3. The highest BCUT2D eigenvalue weighted by Gasteiger charge is 2.21. The summed E-state index contributed by atoms with van der Waals surface area (Å²) in [6.45, 7) is 6.41. The van der Waals surface area contributed by atoms with Crippen LogP contribution in [0.3, 0.4) is 0 Å². The molecule has 1 aromatic carbocycles. The maximum Gasteiger partial charge on any atom is 0.233 e. The van der Waals surface area contributed by atoms with E-state index in [-0.39, 0.29) is 5.41 Å². The predicted octanol–water partition coefficient (Wildman–Crippen LogP) is 5.71. The molecular formula is C16H17Br2NO2. The fourth-order valence-electron chi connectivity index (χ4n) is 1.89. The first kappa shape index (κ1) is 16.3. The average Bonchev–Trinajstić information content (AvgIpc) is 2.41. The zero-order valence-electron chi connectivity index (χ0n) is 12.4. The molecule has 0 bridgehead atoms. The Balaban J connectivity index is 2.44. The monoisotopic (exact) mass is 413 g/mol. The Labute approximate surface area is 141 Å². The third kappa shape index (κ3) is 3.98. The van der Waals surface area contributed by atoms with Gasteiger partial charge in [0.2, 0.25) is 5.88 Å². The number of benzene rings is 1. The Morgan fingerprint density at radius 1 is 1.10 bits per heavy atom. The van der Waals surface area contributed by atoms with Crippen molar-refractivity contribution in [3.63, 3.8) is 0 Å². The van der Waals surface area contributed by atoms with Gasteiger partial charge in [0.15, 0.2) is 0 Å². The minimum absolute atomic E-state index is 0.0638. The summed E-state index contributed by atoms with van der Waals surface area (Å²) >= 11 is 6.85. The highest BCUT2D eigenvalue weighted by atomic mass is 79.9. The molecule has 0 aliphatic heterocycles. The van der Waals surface area contributed by atoms with Crippen LogP contribution in [0.4, 0.5) is 0 Å². The van der Waals surface area contributed by atoms with Crippen molar-refractivity contribution >= 4 is 31.9 Å². The number of aromatic nitrogens is 1. The number of rotatable bonds is 3. The van der Waals surface area contributed by atoms with Crippen molar-refractivity contribution in [2.75, 3.05) is 7.11 Å². The number of hydrogen-bond acceptors (Lipinski definition) is 3. The number of methoxy groups -OCH3 is 1. The molecule has 1 aromatic heterocycles. The van der Waals surface area contributed by atoms with Gasteiger partial charge in [0.1, 0.15) is 11.5 Å². The van der Waals surface area contributed by atoms with E-state index in [0.29, 0.717) is 5.88 Å². The summed E-state index contributed by atoms with van der Waals surface area (Å²) in [4.78, 5) is 4.29. The van der Waals surface area contributed by atoms with Crippen molar-refractivity contribution in [2.45, 2.75) is 26.2 Å². The third-order valence-electron chi connectivity index (χ3n) is 2.98. The third-order valence-corrected chi connectivity index (χ3v) is 3.98. The molecule has 21 heavy (non-hydrogen) atoms. The molecule has 1 heterocycles. The first-order chi connectivity index (χ1) is 9.81. The maximum absolute atomic E-state index is 5.99. The Bertz CT molecular complexity index is 651. The van der Waals surface area contributed by atoms with E-state index in [4.69, 9.17) is 9.47 Å². The Morgan fingerprint density at radius 2 is 1.81 bits per heavy atom. The molecule has 0 saturated heterocycles. The summed E-state index contributed by atoms with van der Waals surface area (Å²) in [7, 11) is 1.66. The van der Waals surface area contributed by atoms with Crippen LogP contribution in [0.1, 0.15) is 26.3 Å². The van der Waals surface area contributed by atoms with Crippen LogP contribution >= 0.6 is 31.9 Å². The van der Waals surface area contributed by atoms with Crippen LogP contribution in [0.2, 0.25) is 0 Å². The van der Waals surface area contributed by atoms with Crippen molar-refractivity contribution < 1.29 is 9.47 Å². The first-order valence-corrected chi connectivity index (χ1v) is 8.07. The molecule has 0 unspecified atom stereocenters. The standard InChI is InChI=1S/C16H17Br2NO2/c1-16(2,3)12-8-11(20-4)5-6-14(12)21-15-13(18)7-10(17)9-19-15/h5-9H,1-4H3. The lowest BCUT2D eigenvalue weighted by atomic mass is 9.86. The Kier molecular flexibility index (Phi) is 4.94. The van der Waals surface area contributed by atoms with Crippen LogP contribution in [0.25, 0.3) is 0 Å². The summed E-state index contributed by atoms with van der Waals surface area (Å²) in [6.07, 6.45) is 1.71. The van der Waals surface area contributed by atoms with Crippen molar-refractivity contribution in [3.05, 3.63) is 45.0 Å². The zero-order valence-corrected chi connectivity index (χ0v) is 15.6. The van der Waals surface area contributed by atoms with E-state index in [1.807, 2.05) is 24.3 Å². The molecule has 0 N–H and O–H groups in total.